The maximum absolute atomic E-state index is 11.7. The monoisotopic (exact) mass is 251 g/mol. The van der Waals surface area contributed by atoms with Crippen LogP contribution in [0.25, 0.3) is 0 Å². The van der Waals surface area contributed by atoms with Crippen LogP contribution in [-0.4, -0.2) is 39.9 Å². The van der Waals surface area contributed by atoms with E-state index < -0.39 is 0 Å². The molecule has 0 bridgehead atoms. The van der Waals surface area contributed by atoms with Crippen LogP contribution in [0, 0.1) is 6.92 Å². The van der Waals surface area contributed by atoms with Crippen LogP contribution in [0.3, 0.4) is 0 Å². The predicted molar refractivity (Wildman–Crippen MR) is 67.0 cm³/mol. The third-order valence-corrected chi connectivity index (χ3v) is 3.25. The van der Waals surface area contributed by atoms with Gasteiger partial charge in [0.25, 0.3) is 5.24 Å². The lowest BCUT2D eigenvalue weighted by molar-refractivity contribution is -0.116. The molecule has 1 aromatic rings. The Bertz CT molecular complexity index is 450. The molecule has 2 amide bonds. The summed E-state index contributed by atoms with van der Waals surface area (Å²) in [5.41, 5.74) is 1.03. The van der Waals surface area contributed by atoms with Crippen LogP contribution >= 0.6 is 11.8 Å². The lowest BCUT2D eigenvalue weighted by atomic mass is 10.3. The molecule has 1 aromatic heterocycles. The van der Waals surface area contributed by atoms with Crippen molar-refractivity contribution in [3.8, 4) is 0 Å². The van der Waals surface area contributed by atoms with Gasteiger partial charge in [-0.2, -0.15) is 0 Å². The molecule has 0 saturated carbocycles. The maximum atomic E-state index is 11.7. The summed E-state index contributed by atoms with van der Waals surface area (Å²) in [6, 6.07) is 3.65. The molecule has 0 aromatic carbocycles. The van der Waals surface area contributed by atoms with Crippen molar-refractivity contribution in [3.63, 3.8) is 0 Å². The van der Waals surface area contributed by atoms with Crippen molar-refractivity contribution in [1.29, 1.82) is 0 Å². The van der Waals surface area contributed by atoms with Gasteiger partial charge < -0.3 is 10.2 Å². The summed E-state index contributed by atoms with van der Waals surface area (Å²) in [5, 5.41) is 2.65. The molecule has 0 radical (unpaired) electrons. The molecule has 0 atom stereocenters. The second kappa shape index (κ2) is 5.18. The molecular weight excluding hydrogens is 238 g/mol. The van der Waals surface area contributed by atoms with E-state index in [9.17, 15) is 9.59 Å². The molecule has 5 nitrogen and oxygen atoms in total. The van der Waals surface area contributed by atoms with E-state index in [-0.39, 0.29) is 17.7 Å². The smallest absolute Gasteiger partial charge is 0.282 e. The number of rotatable bonds is 3. The van der Waals surface area contributed by atoms with E-state index >= 15 is 0 Å². The number of nitrogens with one attached hydrogen (secondary N) is 1. The fraction of sp³-hybridized carbons (Fsp3) is 0.364. The number of pyridine rings is 1. The summed E-state index contributed by atoms with van der Waals surface area (Å²) in [5.74, 6) is 1.07. The summed E-state index contributed by atoms with van der Waals surface area (Å²) in [6.45, 7) is 2.66. The molecule has 0 unspecified atom stereocenters. The Labute approximate surface area is 104 Å². The highest BCUT2D eigenvalue weighted by molar-refractivity contribution is 8.13. The Balaban J connectivity index is 1.91. The number of carbonyl (C=O) groups excluding carboxylic acids is 2. The van der Waals surface area contributed by atoms with Crippen LogP contribution in [0.15, 0.2) is 18.3 Å². The minimum atomic E-state index is -0.209. The average Bonchev–Trinajstić information content (AvgIpc) is 2.64. The van der Waals surface area contributed by atoms with E-state index in [0.29, 0.717) is 12.4 Å². The molecule has 2 heterocycles. The maximum Gasteiger partial charge on any atom is 0.282 e. The van der Waals surface area contributed by atoms with Crippen molar-refractivity contribution < 1.29 is 9.59 Å². The van der Waals surface area contributed by atoms with Crippen molar-refractivity contribution >= 4 is 28.7 Å². The normalized spacial score (nSPS) is 15.1. The van der Waals surface area contributed by atoms with Crippen LogP contribution in [0.2, 0.25) is 0 Å². The number of amides is 2. The third kappa shape index (κ3) is 3.20. The number of aromatic nitrogens is 1. The van der Waals surface area contributed by atoms with Crippen molar-refractivity contribution in [2.45, 2.75) is 6.92 Å². The minimum Gasteiger partial charge on any atom is -0.323 e. The number of hydrogen-bond acceptors (Lipinski definition) is 4. The number of carbonyl (C=O) groups is 2. The first-order valence-electron chi connectivity index (χ1n) is 5.29. The van der Waals surface area contributed by atoms with Gasteiger partial charge in [-0.1, -0.05) is 11.8 Å². The highest BCUT2D eigenvalue weighted by Crippen LogP contribution is 2.16. The summed E-state index contributed by atoms with van der Waals surface area (Å²) in [6.07, 6.45) is 1.64. The van der Waals surface area contributed by atoms with Gasteiger partial charge in [-0.25, -0.2) is 4.98 Å². The van der Waals surface area contributed by atoms with Crippen LogP contribution in [0.1, 0.15) is 5.56 Å². The lowest BCUT2D eigenvalue weighted by Gasteiger charge is -2.13. The van der Waals surface area contributed by atoms with Gasteiger partial charge in [0.1, 0.15) is 12.4 Å². The van der Waals surface area contributed by atoms with Gasteiger partial charge >= 0.3 is 0 Å². The second-order valence-corrected chi connectivity index (χ2v) is 4.85. The van der Waals surface area contributed by atoms with E-state index in [4.69, 9.17) is 0 Å². The van der Waals surface area contributed by atoms with Gasteiger partial charge in [0, 0.05) is 18.5 Å². The fourth-order valence-electron chi connectivity index (χ4n) is 1.53. The molecule has 0 spiro atoms. The Morgan fingerprint density at radius 3 is 3.12 bits per heavy atom. The Morgan fingerprint density at radius 2 is 2.47 bits per heavy atom. The number of hydrogen-bond donors (Lipinski definition) is 1. The average molecular weight is 251 g/mol. The van der Waals surface area contributed by atoms with E-state index in [1.165, 1.54) is 16.7 Å². The van der Waals surface area contributed by atoms with Gasteiger partial charge in [0.2, 0.25) is 5.91 Å². The standard InChI is InChI=1S/C11H13N3O2S/c1-8-2-3-12-9(6-8)13-10(15)7-14-4-5-17-11(14)16/h2-3,6H,4-5,7H2,1H3,(H,12,13,15). The highest BCUT2D eigenvalue weighted by atomic mass is 32.2. The molecule has 1 fully saturated rings. The summed E-state index contributed by atoms with van der Waals surface area (Å²) >= 11 is 1.25. The van der Waals surface area contributed by atoms with Crippen molar-refractivity contribution in [2.24, 2.45) is 0 Å². The van der Waals surface area contributed by atoms with Gasteiger partial charge in [-0.05, 0) is 24.6 Å². The largest absolute Gasteiger partial charge is 0.323 e. The van der Waals surface area contributed by atoms with Gasteiger partial charge in [0.05, 0.1) is 0 Å². The van der Waals surface area contributed by atoms with Crippen LogP contribution in [0.4, 0.5) is 10.6 Å². The topological polar surface area (TPSA) is 62.3 Å². The van der Waals surface area contributed by atoms with Crippen molar-refractivity contribution in [2.75, 3.05) is 24.2 Å². The van der Waals surface area contributed by atoms with Gasteiger partial charge in [-0.15, -0.1) is 0 Å². The Morgan fingerprint density at radius 1 is 1.65 bits per heavy atom. The lowest BCUT2D eigenvalue weighted by Crippen LogP contribution is -2.33. The SMILES string of the molecule is Cc1ccnc(NC(=O)CN2CCSC2=O)c1. The van der Waals surface area contributed by atoms with Crippen LogP contribution < -0.4 is 5.32 Å². The van der Waals surface area contributed by atoms with E-state index in [0.717, 1.165) is 11.3 Å². The zero-order valence-corrected chi connectivity index (χ0v) is 10.3. The summed E-state index contributed by atoms with van der Waals surface area (Å²) < 4.78 is 0. The molecule has 1 aliphatic rings. The second-order valence-electron chi connectivity index (χ2n) is 3.80. The molecule has 0 aliphatic carbocycles. The highest BCUT2D eigenvalue weighted by Gasteiger charge is 2.23. The van der Waals surface area contributed by atoms with Crippen molar-refractivity contribution in [1.82, 2.24) is 9.88 Å². The first kappa shape index (κ1) is 11.9. The van der Waals surface area contributed by atoms with Crippen molar-refractivity contribution in [3.05, 3.63) is 23.9 Å². The van der Waals surface area contributed by atoms with E-state index in [2.05, 4.69) is 10.3 Å². The fourth-order valence-corrected chi connectivity index (χ4v) is 2.35. The molecule has 2 rings (SSSR count). The van der Waals surface area contributed by atoms with Crippen LogP contribution in [-0.2, 0) is 4.79 Å². The molecule has 17 heavy (non-hydrogen) atoms. The Hall–Kier alpha value is -1.56. The number of thioether (sulfide) groups is 1. The van der Waals surface area contributed by atoms with Crippen LogP contribution in [0.5, 0.6) is 0 Å². The zero-order chi connectivity index (χ0) is 12.3. The predicted octanol–water partition coefficient (Wildman–Crippen LogP) is 1.50. The van der Waals surface area contributed by atoms with Gasteiger partial charge in [-0.3, -0.25) is 9.59 Å². The van der Waals surface area contributed by atoms with E-state index in [1.54, 1.807) is 12.3 Å². The zero-order valence-electron chi connectivity index (χ0n) is 9.47. The molecule has 6 heteroatoms. The number of anilines is 1. The summed E-state index contributed by atoms with van der Waals surface area (Å²) in [4.78, 5) is 28.6. The number of nitrogens with zero attached hydrogens (tertiary/aromatic N) is 2. The Kier molecular flexibility index (Phi) is 3.63. The molecule has 1 aliphatic heterocycles. The quantitative estimate of drug-likeness (QED) is 0.884. The first-order chi connectivity index (χ1) is 8.15. The summed E-state index contributed by atoms with van der Waals surface area (Å²) in [7, 11) is 0. The molecular formula is C11H13N3O2S. The number of aryl methyl sites for hydroxylation is 1. The molecule has 90 valence electrons. The third-order valence-electron chi connectivity index (χ3n) is 2.36. The minimum absolute atomic E-state index is 0.0302. The van der Waals surface area contributed by atoms with Gasteiger partial charge in [0.15, 0.2) is 0 Å². The first-order valence-corrected chi connectivity index (χ1v) is 6.28. The molecule has 1 saturated heterocycles. The van der Waals surface area contributed by atoms with E-state index in [1.807, 2.05) is 13.0 Å². The molecule has 1 N–H and O–H groups in total.